The Kier molecular flexibility index (Phi) is 6.10. The lowest BCUT2D eigenvalue weighted by Crippen LogP contribution is -2.29. The van der Waals surface area contributed by atoms with Crippen LogP contribution < -0.4 is 14.8 Å². The first kappa shape index (κ1) is 21.8. The molecule has 0 aliphatic carbocycles. The Labute approximate surface area is 194 Å². The van der Waals surface area contributed by atoms with E-state index in [4.69, 9.17) is 4.74 Å². The zero-order chi connectivity index (χ0) is 22.8. The molecule has 0 spiro atoms. The molecule has 1 fully saturated rings. The molecule has 1 aliphatic rings. The first-order chi connectivity index (χ1) is 15.4. The normalized spacial score (nSPS) is 17.6. The molecule has 1 unspecified atom stereocenters. The van der Waals surface area contributed by atoms with Gasteiger partial charge in [0.15, 0.2) is 12.4 Å². The summed E-state index contributed by atoms with van der Waals surface area (Å²) < 4.78 is 6.13. The minimum Gasteiger partial charge on any atom is -0.872 e. The molecule has 1 atom stereocenters. The standard InChI is InChI=1S/C25H21BrN2O4/c1-15-12-18(7-10-20(15)32-2)23(29)21-22(17-5-8-19(26)9-6-17)28(25(31)24(21)30)14-16-4-3-11-27-13-16/h3-13,22,29H,14H2,1-2H3/b23-21+. The number of carbonyl (C=O) groups is 2. The third-order valence-electron chi connectivity index (χ3n) is 5.50. The summed E-state index contributed by atoms with van der Waals surface area (Å²) in [6.45, 7) is 2.02. The van der Waals surface area contributed by atoms with Gasteiger partial charge in [0.25, 0.3) is 5.91 Å². The van der Waals surface area contributed by atoms with E-state index >= 15 is 0 Å². The van der Waals surface area contributed by atoms with E-state index in [0.717, 1.165) is 15.6 Å². The molecule has 2 aromatic carbocycles. The van der Waals surface area contributed by atoms with Crippen molar-refractivity contribution in [2.24, 2.45) is 0 Å². The number of aromatic nitrogens is 1. The number of hydrogen-bond donors (Lipinski definition) is 0. The van der Waals surface area contributed by atoms with Crippen LogP contribution in [0, 0.1) is 6.92 Å². The average molecular weight is 493 g/mol. The maximum atomic E-state index is 13.5. The smallest absolute Gasteiger partial charge is 0.295 e. The second kappa shape index (κ2) is 8.96. The van der Waals surface area contributed by atoms with Crippen LogP contribution in [0.15, 0.2) is 77.0 Å². The second-order valence-electron chi connectivity index (χ2n) is 7.56. The predicted molar refractivity (Wildman–Crippen MR) is 120 cm³/mol. The Morgan fingerprint density at radius 2 is 1.91 bits per heavy atom. The number of carbonyl (C=O) groups excluding carboxylic acids is 2. The highest BCUT2D eigenvalue weighted by Gasteiger charge is 2.44. The van der Waals surface area contributed by atoms with E-state index in [-0.39, 0.29) is 12.1 Å². The fourth-order valence-corrected chi connectivity index (χ4v) is 4.19. The Morgan fingerprint density at radius 1 is 1.16 bits per heavy atom. The van der Waals surface area contributed by atoms with Crippen molar-refractivity contribution in [3.63, 3.8) is 0 Å². The molecular weight excluding hydrogens is 472 g/mol. The Hall–Kier alpha value is -3.45. The molecule has 1 aromatic heterocycles. The summed E-state index contributed by atoms with van der Waals surface area (Å²) in [5.41, 5.74) is 2.59. The van der Waals surface area contributed by atoms with Crippen molar-refractivity contribution in [3.05, 3.63) is 99.3 Å². The first-order valence-electron chi connectivity index (χ1n) is 10.0. The number of rotatable bonds is 5. The number of ether oxygens (including phenoxy) is 1. The zero-order valence-electron chi connectivity index (χ0n) is 17.6. The van der Waals surface area contributed by atoms with Crippen LogP contribution in [-0.2, 0) is 16.1 Å². The number of nitrogens with zero attached hydrogens (tertiary/aromatic N) is 1. The van der Waals surface area contributed by atoms with Crippen LogP contribution in [0.4, 0.5) is 0 Å². The number of aryl methyl sites for hydroxylation is 1. The van der Waals surface area contributed by atoms with E-state index in [2.05, 4.69) is 20.9 Å². The number of amides is 1. The van der Waals surface area contributed by atoms with Crippen molar-refractivity contribution in [2.45, 2.75) is 19.5 Å². The number of pyridine rings is 1. The molecule has 6 nitrogen and oxygen atoms in total. The fraction of sp³-hybridized carbons (Fsp3) is 0.160. The molecule has 1 amide bonds. The minimum absolute atomic E-state index is 0.0400. The van der Waals surface area contributed by atoms with Crippen LogP contribution in [-0.4, -0.2) is 23.7 Å². The number of H-pyrrole nitrogens is 1. The average Bonchev–Trinajstić information content (AvgIpc) is 3.04. The number of Topliss-reactive ketones (excluding diaryl/α,β-unsaturated/α-hetero) is 1. The molecule has 0 saturated carbocycles. The number of nitrogens with one attached hydrogen (secondary N) is 1. The van der Waals surface area contributed by atoms with E-state index in [1.807, 2.05) is 43.3 Å². The summed E-state index contributed by atoms with van der Waals surface area (Å²) in [6.07, 6.45) is 3.53. The van der Waals surface area contributed by atoms with Crippen molar-refractivity contribution in [1.29, 1.82) is 0 Å². The summed E-state index contributed by atoms with van der Waals surface area (Å²) in [4.78, 5) is 30.6. The van der Waals surface area contributed by atoms with Crippen molar-refractivity contribution in [2.75, 3.05) is 7.11 Å². The van der Waals surface area contributed by atoms with Crippen LogP contribution in [0.25, 0.3) is 5.76 Å². The Bertz CT molecular complexity index is 1210. The van der Waals surface area contributed by atoms with Crippen molar-refractivity contribution in [1.82, 2.24) is 4.90 Å². The number of likely N-dealkylation sites (tertiary alicyclic amines) is 1. The Morgan fingerprint density at radius 3 is 2.53 bits per heavy atom. The molecule has 2 heterocycles. The van der Waals surface area contributed by atoms with Gasteiger partial charge in [-0.1, -0.05) is 39.9 Å². The van der Waals surface area contributed by atoms with Gasteiger partial charge in [-0.15, -0.1) is 0 Å². The Balaban J connectivity index is 1.86. The summed E-state index contributed by atoms with van der Waals surface area (Å²) >= 11 is 3.41. The maximum Gasteiger partial charge on any atom is 0.295 e. The summed E-state index contributed by atoms with van der Waals surface area (Å²) in [5, 5.41) is 13.5. The van der Waals surface area contributed by atoms with E-state index in [9.17, 15) is 14.7 Å². The summed E-state index contributed by atoms with van der Waals surface area (Å²) in [6, 6.07) is 15.2. The minimum atomic E-state index is -0.779. The van der Waals surface area contributed by atoms with Gasteiger partial charge in [-0.3, -0.25) is 9.59 Å². The fourth-order valence-electron chi connectivity index (χ4n) is 3.93. The number of hydrogen-bond acceptors (Lipinski definition) is 4. The highest BCUT2D eigenvalue weighted by molar-refractivity contribution is 9.10. The molecule has 1 aliphatic heterocycles. The highest BCUT2D eigenvalue weighted by atomic mass is 79.9. The van der Waals surface area contributed by atoms with Crippen LogP contribution in [0.1, 0.15) is 28.3 Å². The lowest BCUT2D eigenvalue weighted by atomic mass is 9.94. The second-order valence-corrected chi connectivity index (χ2v) is 8.47. The van der Waals surface area contributed by atoms with Crippen molar-refractivity contribution >= 4 is 33.4 Å². The highest BCUT2D eigenvalue weighted by Crippen LogP contribution is 2.40. The molecular formula is C25H21BrN2O4. The van der Waals surface area contributed by atoms with Crippen molar-refractivity contribution in [3.8, 4) is 5.75 Å². The van der Waals surface area contributed by atoms with Gasteiger partial charge in [0.05, 0.1) is 19.7 Å². The lowest BCUT2D eigenvalue weighted by Gasteiger charge is -2.27. The molecule has 1 saturated heterocycles. The summed E-state index contributed by atoms with van der Waals surface area (Å²) in [5.74, 6) is -1.26. The number of halogens is 1. The van der Waals surface area contributed by atoms with Gasteiger partial charge >= 0.3 is 0 Å². The number of ketones is 1. The molecule has 32 heavy (non-hydrogen) atoms. The molecule has 0 radical (unpaired) electrons. The van der Waals surface area contributed by atoms with Gasteiger partial charge in [-0.25, -0.2) is 4.98 Å². The van der Waals surface area contributed by atoms with E-state index in [1.54, 1.807) is 37.7 Å². The maximum absolute atomic E-state index is 13.5. The van der Waals surface area contributed by atoms with Crippen LogP contribution in [0.5, 0.6) is 5.75 Å². The third kappa shape index (κ3) is 4.03. The van der Waals surface area contributed by atoms with Gasteiger partial charge in [0.1, 0.15) is 5.75 Å². The van der Waals surface area contributed by atoms with Crippen LogP contribution in [0.3, 0.4) is 0 Å². The number of methoxy groups -OCH3 is 1. The molecule has 162 valence electrons. The topological polar surface area (TPSA) is 83.8 Å². The van der Waals surface area contributed by atoms with Gasteiger partial charge < -0.3 is 14.7 Å². The quantitative estimate of drug-likeness (QED) is 0.311. The van der Waals surface area contributed by atoms with Crippen LogP contribution >= 0.6 is 15.9 Å². The van der Waals surface area contributed by atoms with Crippen LogP contribution in [0.2, 0.25) is 0 Å². The molecule has 4 rings (SSSR count). The van der Waals surface area contributed by atoms with Gasteiger partial charge in [0, 0.05) is 21.7 Å². The predicted octanol–water partition coefficient (Wildman–Crippen LogP) is 3.00. The number of aromatic amines is 1. The first-order valence-corrected chi connectivity index (χ1v) is 10.8. The van der Waals surface area contributed by atoms with E-state index in [0.29, 0.717) is 16.9 Å². The SMILES string of the molecule is COc1ccc(/C([O-])=C2\C(=O)C(=O)N(Cc3ccc[nH+]c3)C2c2ccc(Br)cc2)cc1C. The molecule has 7 heteroatoms. The monoisotopic (exact) mass is 492 g/mol. The van der Waals surface area contributed by atoms with Crippen molar-refractivity contribution < 1.29 is 24.4 Å². The van der Waals surface area contributed by atoms with Gasteiger partial charge in [-0.05, 0) is 53.9 Å². The largest absolute Gasteiger partial charge is 0.872 e. The molecule has 0 bridgehead atoms. The van der Waals surface area contributed by atoms with E-state index in [1.165, 1.54) is 4.90 Å². The summed E-state index contributed by atoms with van der Waals surface area (Å²) in [7, 11) is 1.56. The lowest BCUT2D eigenvalue weighted by molar-refractivity contribution is -0.378. The zero-order valence-corrected chi connectivity index (χ0v) is 19.2. The third-order valence-corrected chi connectivity index (χ3v) is 6.03. The number of benzene rings is 2. The van der Waals surface area contributed by atoms with Gasteiger partial charge in [-0.2, -0.15) is 0 Å². The van der Waals surface area contributed by atoms with Gasteiger partial charge in [0.2, 0.25) is 5.78 Å². The molecule has 1 N–H and O–H groups in total. The molecule has 3 aromatic rings. The van der Waals surface area contributed by atoms with E-state index < -0.39 is 23.5 Å².